The van der Waals surface area contributed by atoms with E-state index in [1.807, 2.05) is 0 Å². The molecule has 74 valence electrons. The fourth-order valence-corrected chi connectivity index (χ4v) is 0.759. The number of hydrogen-bond donors (Lipinski definition) is 0. The summed E-state index contributed by atoms with van der Waals surface area (Å²) in [6.45, 7) is 3.46. The Labute approximate surface area is 78.8 Å². The number of Topliss-reactive ketones (excluding diaryl/α,β-unsaturated/α-hetero) is 1. The Bertz CT molecular complexity index is 194. The van der Waals surface area contributed by atoms with Gasteiger partial charge in [-0.05, 0) is 25.8 Å². The molecule has 0 aliphatic rings. The van der Waals surface area contributed by atoms with Gasteiger partial charge in [-0.25, -0.2) is 0 Å². The second-order valence-electron chi connectivity index (χ2n) is 2.88. The number of hydrogen-bond acceptors (Lipinski definition) is 3. The molecule has 0 N–H and O–H groups in total. The first-order chi connectivity index (χ1) is 6.16. The maximum atomic E-state index is 10.8. The molecule has 0 saturated carbocycles. The van der Waals surface area contributed by atoms with Crippen LogP contribution in [0.2, 0.25) is 0 Å². The quantitative estimate of drug-likeness (QED) is 0.275. The Morgan fingerprint density at radius 1 is 1.38 bits per heavy atom. The van der Waals surface area contributed by atoms with Crippen LogP contribution in [0.25, 0.3) is 0 Å². The molecule has 3 heteroatoms. The first-order valence-electron chi connectivity index (χ1n) is 4.50. The van der Waals surface area contributed by atoms with E-state index in [-0.39, 0.29) is 12.2 Å². The van der Waals surface area contributed by atoms with Crippen LogP contribution in [0, 0.1) is 0 Å². The lowest BCUT2D eigenvalue weighted by Crippen LogP contribution is -2.04. The number of unbranched alkanes of at least 4 members (excludes halogenated alkanes) is 2. The lowest BCUT2D eigenvalue weighted by Gasteiger charge is -1.95. The highest BCUT2D eigenvalue weighted by molar-refractivity contribution is 5.94. The molecule has 0 aromatic heterocycles. The zero-order valence-corrected chi connectivity index (χ0v) is 8.21. The van der Waals surface area contributed by atoms with Crippen LogP contribution in [-0.4, -0.2) is 11.8 Å². The molecule has 0 radical (unpaired) electrons. The molecule has 0 aromatic rings. The van der Waals surface area contributed by atoms with Crippen molar-refractivity contribution in [3.05, 3.63) is 12.3 Å². The molecule has 0 aliphatic carbocycles. The molecule has 0 rings (SSSR count). The standard InChI is InChI=1S/C10H16O3/c1-3-4-5-6-7-13-10(12)8-9(2)11/h6-7H,3-5,8H2,1-2H3. The van der Waals surface area contributed by atoms with Gasteiger partial charge in [-0.3, -0.25) is 9.59 Å². The van der Waals surface area contributed by atoms with Gasteiger partial charge in [0, 0.05) is 0 Å². The highest BCUT2D eigenvalue weighted by Gasteiger charge is 2.03. The molecule has 0 heterocycles. The Hall–Kier alpha value is -1.12. The smallest absolute Gasteiger partial charge is 0.318 e. The molecule has 0 saturated heterocycles. The predicted molar refractivity (Wildman–Crippen MR) is 50.1 cm³/mol. The van der Waals surface area contributed by atoms with E-state index < -0.39 is 5.97 Å². The van der Waals surface area contributed by atoms with Gasteiger partial charge in [-0.15, -0.1) is 0 Å². The van der Waals surface area contributed by atoms with Crippen molar-refractivity contribution < 1.29 is 14.3 Å². The van der Waals surface area contributed by atoms with E-state index in [2.05, 4.69) is 11.7 Å². The molecule has 0 aromatic carbocycles. The predicted octanol–water partition coefficient (Wildman–Crippen LogP) is 2.21. The molecular formula is C10H16O3. The maximum Gasteiger partial charge on any atom is 0.318 e. The Kier molecular flexibility index (Phi) is 6.88. The summed E-state index contributed by atoms with van der Waals surface area (Å²) in [5, 5.41) is 0. The summed E-state index contributed by atoms with van der Waals surface area (Å²) in [6, 6.07) is 0. The summed E-state index contributed by atoms with van der Waals surface area (Å²) in [7, 11) is 0. The zero-order valence-electron chi connectivity index (χ0n) is 8.21. The van der Waals surface area contributed by atoms with E-state index in [4.69, 9.17) is 0 Å². The van der Waals surface area contributed by atoms with E-state index in [9.17, 15) is 9.59 Å². The molecule has 0 aliphatic heterocycles. The first-order valence-corrected chi connectivity index (χ1v) is 4.50. The largest absolute Gasteiger partial charge is 0.435 e. The van der Waals surface area contributed by atoms with E-state index in [0.717, 1.165) is 19.3 Å². The monoisotopic (exact) mass is 184 g/mol. The summed E-state index contributed by atoms with van der Waals surface area (Å²) in [5.41, 5.74) is 0. The van der Waals surface area contributed by atoms with Crippen molar-refractivity contribution in [2.75, 3.05) is 0 Å². The van der Waals surface area contributed by atoms with Crippen LogP contribution in [0.4, 0.5) is 0 Å². The van der Waals surface area contributed by atoms with Crippen LogP contribution < -0.4 is 0 Å². The minimum atomic E-state index is -0.486. The van der Waals surface area contributed by atoms with Crippen LogP contribution in [-0.2, 0) is 14.3 Å². The first kappa shape index (κ1) is 11.9. The number of rotatable bonds is 6. The number of carbonyl (C=O) groups excluding carboxylic acids is 2. The van der Waals surface area contributed by atoms with Crippen molar-refractivity contribution in [1.29, 1.82) is 0 Å². The van der Waals surface area contributed by atoms with Crippen LogP contribution in [0.5, 0.6) is 0 Å². The van der Waals surface area contributed by atoms with Gasteiger partial charge in [0.15, 0.2) is 0 Å². The van der Waals surface area contributed by atoms with E-state index in [1.165, 1.54) is 13.2 Å². The Balaban J connectivity index is 3.46. The third-order valence-corrected chi connectivity index (χ3v) is 1.41. The molecule has 13 heavy (non-hydrogen) atoms. The summed E-state index contributed by atoms with van der Waals surface area (Å²) in [6.07, 6.45) is 6.12. The second-order valence-corrected chi connectivity index (χ2v) is 2.88. The molecule has 0 unspecified atom stereocenters. The normalized spacial score (nSPS) is 10.3. The van der Waals surface area contributed by atoms with Crippen LogP contribution >= 0.6 is 0 Å². The average molecular weight is 184 g/mol. The molecule has 0 fully saturated rings. The van der Waals surface area contributed by atoms with Crippen LogP contribution in [0.3, 0.4) is 0 Å². The number of esters is 1. The van der Waals surface area contributed by atoms with E-state index in [1.54, 1.807) is 6.08 Å². The highest BCUT2D eigenvalue weighted by atomic mass is 16.5. The number of allylic oxidation sites excluding steroid dienone is 1. The Morgan fingerprint density at radius 3 is 2.62 bits per heavy atom. The fourth-order valence-electron chi connectivity index (χ4n) is 0.759. The van der Waals surface area contributed by atoms with Gasteiger partial charge in [0.25, 0.3) is 0 Å². The lowest BCUT2D eigenvalue weighted by molar-refractivity contribution is -0.140. The van der Waals surface area contributed by atoms with Crippen molar-refractivity contribution >= 4 is 11.8 Å². The molecule has 0 amide bonds. The Morgan fingerprint density at radius 2 is 2.08 bits per heavy atom. The van der Waals surface area contributed by atoms with Crippen LogP contribution in [0.1, 0.15) is 39.5 Å². The van der Waals surface area contributed by atoms with Crippen molar-refractivity contribution in [2.45, 2.75) is 39.5 Å². The van der Waals surface area contributed by atoms with Crippen molar-refractivity contribution in [3.63, 3.8) is 0 Å². The summed E-state index contributed by atoms with van der Waals surface area (Å²) in [4.78, 5) is 21.3. The highest BCUT2D eigenvalue weighted by Crippen LogP contribution is 1.96. The molecular weight excluding hydrogens is 168 g/mol. The third-order valence-electron chi connectivity index (χ3n) is 1.41. The van der Waals surface area contributed by atoms with Gasteiger partial charge in [0.05, 0.1) is 6.26 Å². The van der Waals surface area contributed by atoms with E-state index in [0.29, 0.717) is 0 Å². The lowest BCUT2D eigenvalue weighted by atomic mass is 10.2. The van der Waals surface area contributed by atoms with Gasteiger partial charge in [0.1, 0.15) is 12.2 Å². The van der Waals surface area contributed by atoms with Crippen LogP contribution in [0.15, 0.2) is 12.3 Å². The number of ketones is 1. The summed E-state index contributed by atoms with van der Waals surface area (Å²) in [5.74, 6) is -0.660. The maximum absolute atomic E-state index is 10.8. The topological polar surface area (TPSA) is 43.4 Å². The SMILES string of the molecule is CCCCC=COC(=O)CC(C)=O. The summed E-state index contributed by atoms with van der Waals surface area (Å²) < 4.78 is 4.66. The van der Waals surface area contributed by atoms with Crippen molar-refractivity contribution in [1.82, 2.24) is 0 Å². The van der Waals surface area contributed by atoms with Gasteiger partial charge >= 0.3 is 5.97 Å². The minimum Gasteiger partial charge on any atom is -0.435 e. The minimum absolute atomic E-state index is 0.141. The fraction of sp³-hybridized carbons (Fsp3) is 0.600. The molecule has 0 spiro atoms. The third kappa shape index (κ3) is 8.79. The van der Waals surface area contributed by atoms with Crippen molar-refractivity contribution in [3.8, 4) is 0 Å². The van der Waals surface area contributed by atoms with Gasteiger partial charge in [-0.1, -0.05) is 13.3 Å². The number of ether oxygens (including phenoxy) is 1. The van der Waals surface area contributed by atoms with Gasteiger partial charge in [-0.2, -0.15) is 0 Å². The molecule has 0 bridgehead atoms. The van der Waals surface area contributed by atoms with Gasteiger partial charge in [0.2, 0.25) is 0 Å². The second kappa shape index (κ2) is 7.53. The van der Waals surface area contributed by atoms with Crippen molar-refractivity contribution in [2.24, 2.45) is 0 Å². The van der Waals surface area contributed by atoms with E-state index >= 15 is 0 Å². The summed E-state index contributed by atoms with van der Waals surface area (Å²) >= 11 is 0. The zero-order chi connectivity index (χ0) is 10.1. The van der Waals surface area contributed by atoms with Gasteiger partial charge < -0.3 is 4.74 Å². The average Bonchev–Trinajstić information content (AvgIpc) is 2.02. The number of carbonyl (C=O) groups is 2. The molecule has 0 atom stereocenters. The molecule has 3 nitrogen and oxygen atoms in total.